The van der Waals surface area contributed by atoms with E-state index in [1.165, 1.54) is 0 Å². The summed E-state index contributed by atoms with van der Waals surface area (Å²) in [5, 5.41) is 0.566. The molecular formula is C20H17ClN4O. The lowest BCUT2D eigenvalue weighted by Crippen LogP contribution is -1.89. The molecule has 3 aromatic heterocycles. The predicted octanol–water partition coefficient (Wildman–Crippen LogP) is 4.62. The van der Waals surface area contributed by atoms with Crippen molar-refractivity contribution in [2.45, 2.75) is 6.92 Å². The molecule has 26 heavy (non-hydrogen) atoms. The van der Waals surface area contributed by atoms with E-state index in [0.717, 1.165) is 33.6 Å². The Morgan fingerprint density at radius 1 is 1.12 bits per heavy atom. The van der Waals surface area contributed by atoms with Gasteiger partial charge in [0.2, 0.25) is 0 Å². The number of ether oxygens (including phenoxy) is 1. The Bertz CT molecular complexity index is 1120. The van der Waals surface area contributed by atoms with Crippen LogP contribution in [0.5, 0.6) is 5.75 Å². The van der Waals surface area contributed by atoms with Crippen molar-refractivity contribution in [1.29, 1.82) is 0 Å². The SMILES string of the molecule is COc1cc(C)c(-c2cn3ccc(-c4cncc(N)c4)cc3n2)cc1Cl. The van der Waals surface area contributed by atoms with Crippen molar-refractivity contribution in [3.63, 3.8) is 0 Å². The first-order chi connectivity index (χ1) is 12.5. The molecule has 0 aliphatic carbocycles. The van der Waals surface area contributed by atoms with Gasteiger partial charge in [0.05, 0.1) is 23.5 Å². The molecular weight excluding hydrogens is 348 g/mol. The summed E-state index contributed by atoms with van der Waals surface area (Å²) >= 11 is 6.29. The van der Waals surface area contributed by atoms with Gasteiger partial charge in [-0.2, -0.15) is 0 Å². The molecule has 1 aromatic carbocycles. The number of benzene rings is 1. The highest BCUT2D eigenvalue weighted by Crippen LogP contribution is 2.33. The number of halogens is 1. The molecule has 0 saturated carbocycles. The van der Waals surface area contributed by atoms with Crippen molar-refractivity contribution in [2.75, 3.05) is 12.8 Å². The lowest BCUT2D eigenvalue weighted by Gasteiger charge is -2.08. The van der Waals surface area contributed by atoms with Crippen LogP contribution in [-0.4, -0.2) is 21.5 Å². The zero-order valence-corrected chi connectivity index (χ0v) is 15.2. The van der Waals surface area contributed by atoms with Crippen LogP contribution >= 0.6 is 11.6 Å². The Morgan fingerprint density at radius 3 is 2.73 bits per heavy atom. The molecule has 0 radical (unpaired) electrons. The third-order valence-corrected chi connectivity index (χ3v) is 4.62. The normalized spacial score (nSPS) is 11.0. The molecule has 0 aliphatic heterocycles. The number of nitrogens with two attached hydrogens (primary N) is 1. The summed E-state index contributed by atoms with van der Waals surface area (Å²) in [6.07, 6.45) is 7.39. The van der Waals surface area contributed by atoms with Gasteiger partial charge in [0.15, 0.2) is 0 Å². The minimum absolute atomic E-state index is 0.566. The van der Waals surface area contributed by atoms with E-state index in [9.17, 15) is 0 Å². The Balaban J connectivity index is 1.80. The number of imidazole rings is 1. The molecule has 0 aliphatic rings. The molecule has 4 rings (SSSR count). The van der Waals surface area contributed by atoms with Crippen LogP contribution in [0.25, 0.3) is 28.0 Å². The van der Waals surface area contributed by atoms with Crippen molar-refractivity contribution in [3.8, 4) is 28.1 Å². The predicted molar refractivity (Wildman–Crippen MR) is 105 cm³/mol. The average Bonchev–Trinajstić information content (AvgIpc) is 3.06. The molecule has 2 N–H and O–H groups in total. The van der Waals surface area contributed by atoms with Gasteiger partial charge in [-0.15, -0.1) is 0 Å². The Labute approximate surface area is 156 Å². The highest BCUT2D eigenvalue weighted by molar-refractivity contribution is 6.32. The number of nitrogens with zero attached hydrogens (tertiary/aromatic N) is 3. The summed E-state index contributed by atoms with van der Waals surface area (Å²) < 4.78 is 7.26. The van der Waals surface area contributed by atoms with Crippen LogP contribution < -0.4 is 10.5 Å². The second kappa shape index (κ2) is 6.35. The quantitative estimate of drug-likeness (QED) is 0.576. The van der Waals surface area contributed by atoms with E-state index in [-0.39, 0.29) is 0 Å². The van der Waals surface area contributed by atoms with Gasteiger partial charge in [-0.3, -0.25) is 4.98 Å². The standard InChI is InChI=1S/C20H17ClN4O/c1-12-5-19(26-2)17(21)8-16(12)18-11-25-4-3-13(7-20(25)24-18)14-6-15(22)10-23-9-14/h3-11H,22H2,1-2H3. The number of fused-ring (bicyclic) bond motifs is 1. The van der Waals surface area contributed by atoms with Gasteiger partial charge in [0.25, 0.3) is 0 Å². The molecule has 3 heterocycles. The summed E-state index contributed by atoms with van der Waals surface area (Å²) in [6, 6.07) is 9.74. The topological polar surface area (TPSA) is 65.4 Å². The van der Waals surface area contributed by atoms with Gasteiger partial charge < -0.3 is 14.9 Å². The monoisotopic (exact) mass is 364 g/mol. The van der Waals surface area contributed by atoms with Crippen LogP contribution in [0, 0.1) is 6.92 Å². The molecule has 0 atom stereocenters. The van der Waals surface area contributed by atoms with Gasteiger partial charge in [0, 0.05) is 35.9 Å². The first-order valence-corrected chi connectivity index (χ1v) is 8.47. The molecule has 0 fully saturated rings. The zero-order chi connectivity index (χ0) is 18.3. The van der Waals surface area contributed by atoms with Crippen molar-refractivity contribution in [3.05, 3.63) is 65.7 Å². The number of aromatic nitrogens is 3. The summed E-state index contributed by atoms with van der Waals surface area (Å²) in [7, 11) is 1.61. The smallest absolute Gasteiger partial charge is 0.138 e. The number of hydrogen-bond acceptors (Lipinski definition) is 4. The summed E-state index contributed by atoms with van der Waals surface area (Å²) in [5.74, 6) is 0.660. The van der Waals surface area contributed by atoms with Crippen molar-refractivity contribution < 1.29 is 4.74 Å². The first kappa shape index (κ1) is 16.4. The fourth-order valence-electron chi connectivity index (χ4n) is 2.99. The van der Waals surface area contributed by atoms with Crippen LogP contribution in [0.2, 0.25) is 5.02 Å². The van der Waals surface area contributed by atoms with E-state index in [1.54, 1.807) is 19.5 Å². The van der Waals surface area contributed by atoms with Crippen LogP contribution in [-0.2, 0) is 0 Å². The minimum atomic E-state index is 0.566. The van der Waals surface area contributed by atoms with Crippen molar-refractivity contribution in [2.24, 2.45) is 0 Å². The fourth-order valence-corrected chi connectivity index (χ4v) is 3.24. The first-order valence-electron chi connectivity index (χ1n) is 8.09. The number of methoxy groups -OCH3 is 1. The average molecular weight is 365 g/mol. The summed E-state index contributed by atoms with van der Waals surface area (Å²) in [5.41, 5.74) is 12.2. The molecule has 130 valence electrons. The summed E-state index contributed by atoms with van der Waals surface area (Å²) in [6.45, 7) is 2.02. The van der Waals surface area contributed by atoms with Gasteiger partial charge in [0.1, 0.15) is 11.4 Å². The number of nitrogen functional groups attached to an aromatic ring is 1. The van der Waals surface area contributed by atoms with E-state index in [2.05, 4.69) is 4.98 Å². The molecule has 0 saturated heterocycles. The molecule has 4 aromatic rings. The van der Waals surface area contributed by atoms with Crippen LogP contribution in [0.1, 0.15) is 5.56 Å². The molecule has 5 nitrogen and oxygen atoms in total. The van der Waals surface area contributed by atoms with Crippen LogP contribution in [0.15, 0.2) is 55.1 Å². The van der Waals surface area contributed by atoms with Crippen LogP contribution in [0.3, 0.4) is 0 Å². The Morgan fingerprint density at radius 2 is 1.96 bits per heavy atom. The van der Waals surface area contributed by atoms with E-state index in [4.69, 9.17) is 27.1 Å². The van der Waals surface area contributed by atoms with E-state index in [1.807, 2.05) is 54.0 Å². The number of aryl methyl sites for hydroxylation is 1. The van der Waals surface area contributed by atoms with Gasteiger partial charge in [-0.1, -0.05) is 11.6 Å². The lowest BCUT2D eigenvalue weighted by molar-refractivity contribution is 0.415. The van der Waals surface area contributed by atoms with Crippen molar-refractivity contribution in [1.82, 2.24) is 14.4 Å². The number of rotatable bonds is 3. The Hall–Kier alpha value is -3.05. The maximum Gasteiger partial charge on any atom is 0.138 e. The number of hydrogen-bond donors (Lipinski definition) is 1. The molecule has 0 unspecified atom stereocenters. The molecule has 0 bridgehead atoms. The maximum absolute atomic E-state index is 6.29. The van der Waals surface area contributed by atoms with E-state index in [0.29, 0.717) is 16.5 Å². The lowest BCUT2D eigenvalue weighted by atomic mass is 10.1. The van der Waals surface area contributed by atoms with Gasteiger partial charge in [-0.05, 0) is 48.4 Å². The Kier molecular flexibility index (Phi) is 4.01. The zero-order valence-electron chi connectivity index (χ0n) is 14.4. The maximum atomic E-state index is 6.29. The van der Waals surface area contributed by atoms with E-state index < -0.39 is 0 Å². The second-order valence-electron chi connectivity index (χ2n) is 6.12. The van der Waals surface area contributed by atoms with Crippen LogP contribution in [0.4, 0.5) is 5.69 Å². The van der Waals surface area contributed by atoms with Gasteiger partial charge >= 0.3 is 0 Å². The molecule has 0 spiro atoms. The fraction of sp³-hybridized carbons (Fsp3) is 0.100. The minimum Gasteiger partial charge on any atom is -0.495 e. The second-order valence-corrected chi connectivity index (χ2v) is 6.52. The molecule has 0 amide bonds. The third kappa shape index (κ3) is 2.86. The van der Waals surface area contributed by atoms with Gasteiger partial charge in [-0.25, -0.2) is 4.98 Å². The van der Waals surface area contributed by atoms with E-state index >= 15 is 0 Å². The largest absolute Gasteiger partial charge is 0.495 e. The third-order valence-electron chi connectivity index (χ3n) is 4.33. The molecule has 6 heteroatoms. The highest BCUT2D eigenvalue weighted by Gasteiger charge is 2.12. The number of pyridine rings is 2. The summed E-state index contributed by atoms with van der Waals surface area (Å²) in [4.78, 5) is 8.91. The number of anilines is 1. The van der Waals surface area contributed by atoms with Crippen molar-refractivity contribution >= 4 is 22.9 Å². The highest BCUT2D eigenvalue weighted by atomic mass is 35.5.